The van der Waals surface area contributed by atoms with Gasteiger partial charge in [0.25, 0.3) is 0 Å². The fourth-order valence-corrected chi connectivity index (χ4v) is 1.97. The second-order valence-corrected chi connectivity index (χ2v) is 4.60. The second-order valence-electron chi connectivity index (χ2n) is 4.60. The lowest BCUT2D eigenvalue weighted by Gasteiger charge is -2.05. The molecule has 1 N–H and O–H groups in total. The standard InChI is InChI=1S/C13H13F2N5O2/c1-7(10-5-4-9(14)6-11(10)15)16-17-13-12(20(21)22)8(2)18-19(13)3/h4-6,17H,1-3H3/b16-7+. The molecule has 7 nitrogen and oxygen atoms in total. The molecular formula is C13H13F2N5O2. The summed E-state index contributed by atoms with van der Waals surface area (Å²) in [7, 11) is 1.52. The summed E-state index contributed by atoms with van der Waals surface area (Å²) >= 11 is 0. The number of rotatable bonds is 4. The van der Waals surface area contributed by atoms with Crippen molar-refractivity contribution in [3.05, 3.63) is 51.2 Å². The van der Waals surface area contributed by atoms with E-state index in [2.05, 4.69) is 15.6 Å². The van der Waals surface area contributed by atoms with Crippen LogP contribution in [0.5, 0.6) is 0 Å². The smallest absolute Gasteiger partial charge is 0.258 e. The van der Waals surface area contributed by atoms with E-state index in [9.17, 15) is 18.9 Å². The Kier molecular flexibility index (Phi) is 4.15. The van der Waals surface area contributed by atoms with Crippen LogP contribution in [0.3, 0.4) is 0 Å². The van der Waals surface area contributed by atoms with Gasteiger partial charge in [0.05, 0.1) is 10.6 Å². The molecule has 0 spiro atoms. The van der Waals surface area contributed by atoms with E-state index in [1.165, 1.54) is 31.6 Å². The van der Waals surface area contributed by atoms with Gasteiger partial charge in [-0.05, 0) is 26.0 Å². The van der Waals surface area contributed by atoms with Crippen LogP contribution in [0.4, 0.5) is 20.3 Å². The highest BCUT2D eigenvalue weighted by Gasteiger charge is 2.23. The topological polar surface area (TPSA) is 85.3 Å². The van der Waals surface area contributed by atoms with Gasteiger partial charge in [-0.1, -0.05) is 0 Å². The minimum atomic E-state index is -0.765. The molecule has 0 saturated carbocycles. The fraction of sp³-hybridized carbons (Fsp3) is 0.231. The zero-order chi connectivity index (χ0) is 16.4. The number of nitrogens with one attached hydrogen (secondary N) is 1. The van der Waals surface area contributed by atoms with E-state index in [0.717, 1.165) is 12.1 Å². The maximum Gasteiger partial charge on any atom is 0.335 e. The summed E-state index contributed by atoms with van der Waals surface area (Å²) in [5, 5.41) is 18.9. The van der Waals surface area contributed by atoms with Crippen molar-refractivity contribution in [2.45, 2.75) is 13.8 Å². The molecular weight excluding hydrogens is 296 g/mol. The molecule has 0 aliphatic heterocycles. The average Bonchev–Trinajstić information content (AvgIpc) is 2.70. The minimum absolute atomic E-state index is 0.0735. The van der Waals surface area contributed by atoms with E-state index in [-0.39, 0.29) is 28.5 Å². The highest BCUT2D eigenvalue weighted by atomic mass is 19.1. The van der Waals surface area contributed by atoms with Gasteiger partial charge >= 0.3 is 5.69 Å². The third-order valence-electron chi connectivity index (χ3n) is 3.02. The van der Waals surface area contributed by atoms with Gasteiger partial charge < -0.3 is 0 Å². The Morgan fingerprint density at radius 3 is 2.73 bits per heavy atom. The van der Waals surface area contributed by atoms with Gasteiger partial charge in [0.2, 0.25) is 5.82 Å². The number of hydrazone groups is 1. The van der Waals surface area contributed by atoms with Crippen molar-refractivity contribution in [2.75, 3.05) is 5.43 Å². The molecule has 0 bridgehead atoms. The van der Waals surface area contributed by atoms with Crippen molar-refractivity contribution >= 4 is 17.2 Å². The normalized spacial score (nSPS) is 11.6. The van der Waals surface area contributed by atoms with Crippen molar-refractivity contribution in [3.63, 3.8) is 0 Å². The lowest BCUT2D eigenvalue weighted by molar-refractivity contribution is -0.384. The summed E-state index contributed by atoms with van der Waals surface area (Å²) in [5.41, 5.74) is 2.84. The zero-order valence-corrected chi connectivity index (χ0v) is 12.1. The first-order chi connectivity index (χ1) is 10.3. The molecule has 2 aromatic rings. The molecule has 0 radical (unpaired) electrons. The Balaban J connectivity index is 2.34. The maximum atomic E-state index is 13.6. The number of aryl methyl sites for hydroxylation is 2. The van der Waals surface area contributed by atoms with Crippen LogP contribution in [0.1, 0.15) is 18.2 Å². The lowest BCUT2D eigenvalue weighted by atomic mass is 10.1. The Hall–Kier alpha value is -2.84. The van der Waals surface area contributed by atoms with Crippen molar-refractivity contribution in [2.24, 2.45) is 12.1 Å². The molecule has 22 heavy (non-hydrogen) atoms. The fourth-order valence-electron chi connectivity index (χ4n) is 1.97. The van der Waals surface area contributed by atoms with Crippen LogP contribution in [-0.2, 0) is 7.05 Å². The van der Waals surface area contributed by atoms with Crippen molar-refractivity contribution in [1.29, 1.82) is 0 Å². The van der Waals surface area contributed by atoms with Crippen LogP contribution < -0.4 is 5.43 Å². The number of anilines is 1. The quantitative estimate of drug-likeness (QED) is 0.534. The minimum Gasteiger partial charge on any atom is -0.258 e. The zero-order valence-electron chi connectivity index (χ0n) is 12.1. The van der Waals surface area contributed by atoms with Gasteiger partial charge in [0.15, 0.2) is 0 Å². The Morgan fingerprint density at radius 1 is 1.45 bits per heavy atom. The van der Waals surface area contributed by atoms with Crippen molar-refractivity contribution in [3.8, 4) is 0 Å². The van der Waals surface area contributed by atoms with Crippen LogP contribution in [-0.4, -0.2) is 20.4 Å². The molecule has 116 valence electrons. The van der Waals surface area contributed by atoms with E-state index in [0.29, 0.717) is 0 Å². The first-order valence-corrected chi connectivity index (χ1v) is 6.25. The van der Waals surface area contributed by atoms with E-state index in [1.54, 1.807) is 0 Å². The lowest BCUT2D eigenvalue weighted by Crippen LogP contribution is -2.06. The third-order valence-corrected chi connectivity index (χ3v) is 3.02. The highest BCUT2D eigenvalue weighted by molar-refractivity contribution is 5.99. The van der Waals surface area contributed by atoms with Gasteiger partial charge in [0, 0.05) is 18.7 Å². The number of nitro groups is 1. The number of nitrogens with zero attached hydrogens (tertiary/aromatic N) is 4. The van der Waals surface area contributed by atoms with Gasteiger partial charge in [-0.15, -0.1) is 0 Å². The molecule has 9 heteroatoms. The highest BCUT2D eigenvalue weighted by Crippen LogP contribution is 2.27. The maximum absolute atomic E-state index is 13.6. The molecule has 0 aliphatic carbocycles. The Labute approximate surface area is 124 Å². The number of halogens is 2. The van der Waals surface area contributed by atoms with E-state index in [1.807, 2.05) is 0 Å². The summed E-state index contributed by atoms with van der Waals surface area (Å²) in [6.45, 7) is 3.00. The molecule has 0 amide bonds. The van der Waals surface area contributed by atoms with E-state index < -0.39 is 16.6 Å². The Morgan fingerprint density at radius 2 is 2.14 bits per heavy atom. The molecule has 0 aliphatic rings. The summed E-state index contributed by atoms with van der Waals surface area (Å²) in [4.78, 5) is 10.4. The van der Waals surface area contributed by atoms with E-state index >= 15 is 0 Å². The largest absolute Gasteiger partial charge is 0.335 e. The van der Waals surface area contributed by atoms with Gasteiger partial charge in [-0.25, -0.2) is 13.5 Å². The van der Waals surface area contributed by atoms with Crippen LogP contribution in [0.2, 0.25) is 0 Å². The molecule has 1 aromatic carbocycles. The third kappa shape index (κ3) is 2.92. The summed E-state index contributed by atoms with van der Waals surface area (Å²) in [5.74, 6) is -1.39. The number of hydrogen-bond donors (Lipinski definition) is 1. The second kappa shape index (κ2) is 5.88. The van der Waals surface area contributed by atoms with Gasteiger partial charge in [0.1, 0.15) is 17.3 Å². The summed E-state index contributed by atoms with van der Waals surface area (Å²) in [6, 6.07) is 3.09. The van der Waals surface area contributed by atoms with Crippen LogP contribution >= 0.6 is 0 Å². The van der Waals surface area contributed by atoms with Crippen molar-refractivity contribution < 1.29 is 13.7 Å². The summed E-state index contributed by atoms with van der Waals surface area (Å²) in [6.07, 6.45) is 0. The summed E-state index contributed by atoms with van der Waals surface area (Å²) < 4.78 is 27.8. The number of hydrogen-bond acceptors (Lipinski definition) is 5. The Bertz CT molecular complexity index is 770. The first kappa shape index (κ1) is 15.5. The predicted molar refractivity (Wildman–Crippen MR) is 76.8 cm³/mol. The average molecular weight is 309 g/mol. The molecule has 1 heterocycles. The number of benzene rings is 1. The van der Waals surface area contributed by atoms with E-state index in [4.69, 9.17) is 0 Å². The van der Waals surface area contributed by atoms with Crippen LogP contribution in [0.15, 0.2) is 23.3 Å². The monoisotopic (exact) mass is 309 g/mol. The molecule has 0 unspecified atom stereocenters. The van der Waals surface area contributed by atoms with Crippen LogP contribution in [0, 0.1) is 28.7 Å². The molecule has 0 saturated heterocycles. The first-order valence-electron chi connectivity index (χ1n) is 6.25. The van der Waals surface area contributed by atoms with Gasteiger partial charge in [-0.2, -0.15) is 10.2 Å². The molecule has 0 atom stereocenters. The van der Waals surface area contributed by atoms with Crippen LogP contribution in [0.25, 0.3) is 0 Å². The van der Waals surface area contributed by atoms with Crippen molar-refractivity contribution in [1.82, 2.24) is 9.78 Å². The van der Waals surface area contributed by atoms with Gasteiger partial charge in [-0.3, -0.25) is 15.5 Å². The molecule has 2 rings (SSSR count). The molecule has 1 aromatic heterocycles. The predicted octanol–water partition coefficient (Wildman–Crippen LogP) is 2.75. The SMILES string of the molecule is C/C(=N\Nc1c([N+](=O)[O-])c(C)nn1C)c1ccc(F)cc1F. The number of aromatic nitrogens is 2. The molecule has 0 fully saturated rings.